The van der Waals surface area contributed by atoms with Crippen LogP contribution in [0.25, 0.3) is 0 Å². The fourth-order valence-corrected chi connectivity index (χ4v) is 5.66. The molecule has 42 heavy (non-hydrogen) atoms. The van der Waals surface area contributed by atoms with Gasteiger partial charge in [0.1, 0.15) is 5.75 Å². The summed E-state index contributed by atoms with van der Waals surface area (Å²) in [6, 6.07) is 20.5. The summed E-state index contributed by atoms with van der Waals surface area (Å²) in [6.07, 6.45) is 5.85. The van der Waals surface area contributed by atoms with Gasteiger partial charge in [-0.2, -0.15) is 0 Å². The Morgan fingerprint density at radius 1 is 0.714 bits per heavy atom. The van der Waals surface area contributed by atoms with Gasteiger partial charge < -0.3 is 14.7 Å². The maximum absolute atomic E-state index is 8.89. The van der Waals surface area contributed by atoms with Crippen LogP contribution < -0.4 is 4.74 Å². The smallest absolute Gasteiger partial charge is 0.118 e. The molecule has 0 aromatic heterocycles. The van der Waals surface area contributed by atoms with Crippen LogP contribution in [0.1, 0.15) is 125 Å². The third kappa shape index (κ3) is 16.7. The Kier molecular flexibility index (Phi) is 15.8. The summed E-state index contributed by atoms with van der Waals surface area (Å²) < 4.78 is 5.20. The van der Waals surface area contributed by atoms with Gasteiger partial charge in [-0.05, 0) is 106 Å². The largest absolute Gasteiger partial charge is 0.497 e. The van der Waals surface area contributed by atoms with E-state index in [0.717, 1.165) is 18.6 Å². The number of ether oxygens (including phenoxy) is 1. The number of aliphatic hydroxyl groups excluding tert-OH is 1. The second-order valence-corrected chi connectivity index (χ2v) is 16.1. The molecule has 0 saturated carbocycles. The number of hydrogen-bond donors (Lipinski definition) is 1. The molecule has 4 nitrogen and oxygen atoms in total. The fraction of sp³-hybridized carbons (Fsp3) is 0.684. The van der Waals surface area contributed by atoms with Crippen LogP contribution in [-0.4, -0.2) is 55.3 Å². The second kappa shape index (κ2) is 17.4. The summed E-state index contributed by atoms with van der Waals surface area (Å²) >= 11 is 0. The van der Waals surface area contributed by atoms with Crippen molar-refractivity contribution in [3.63, 3.8) is 0 Å². The molecule has 1 heterocycles. The van der Waals surface area contributed by atoms with E-state index in [-0.39, 0.29) is 11.5 Å². The van der Waals surface area contributed by atoms with E-state index >= 15 is 0 Å². The number of hydrogen-bond acceptors (Lipinski definition) is 4. The summed E-state index contributed by atoms with van der Waals surface area (Å²) in [4.78, 5) is 4.95. The van der Waals surface area contributed by atoms with Gasteiger partial charge in [0.25, 0.3) is 0 Å². The van der Waals surface area contributed by atoms with Gasteiger partial charge in [-0.15, -0.1) is 0 Å². The molecule has 4 heteroatoms. The Balaban J connectivity index is 0.000000337. The normalized spacial score (nSPS) is 16.5. The zero-order chi connectivity index (χ0) is 32.1. The zero-order valence-corrected chi connectivity index (χ0v) is 29.6. The van der Waals surface area contributed by atoms with Crippen molar-refractivity contribution in [3.8, 4) is 5.75 Å². The molecule has 1 N–H and O–H groups in total. The highest BCUT2D eigenvalue weighted by atomic mass is 16.5. The summed E-state index contributed by atoms with van der Waals surface area (Å²) in [5.74, 6) is 0.919. The van der Waals surface area contributed by atoms with E-state index in [1.807, 2.05) is 19.1 Å². The molecule has 0 spiro atoms. The standard InChI is InChI=1S/C16H25N.C15H25NO.C7H16O/c1-16(2,3)13-15(17-11-7-8-12-17)14-9-5-4-6-10-14;1-15(2,3)11-14(16(4)5)12-7-9-13(17-6)10-8-12;1-6(8)5-7(2,3)4/h4-6,9-10,15H,7-8,11-13H2,1-3H3;7-10,14H,11H2,1-6H3;6,8H,5H2,1-4H3. The van der Waals surface area contributed by atoms with Crippen LogP contribution >= 0.6 is 0 Å². The van der Waals surface area contributed by atoms with Crippen LogP contribution in [0, 0.1) is 16.2 Å². The van der Waals surface area contributed by atoms with Crippen LogP contribution in [0.2, 0.25) is 0 Å². The monoisotopic (exact) mass is 583 g/mol. The molecule has 1 fully saturated rings. The van der Waals surface area contributed by atoms with Crippen molar-refractivity contribution in [1.82, 2.24) is 9.80 Å². The number of methoxy groups -OCH3 is 1. The lowest BCUT2D eigenvalue weighted by Crippen LogP contribution is -2.29. The summed E-state index contributed by atoms with van der Waals surface area (Å²) in [7, 11) is 5.98. The quantitative estimate of drug-likeness (QED) is 0.336. The Labute approximate surface area is 260 Å². The van der Waals surface area contributed by atoms with Gasteiger partial charge in [0, 0.05) is 12.1 Å². The Hall–Kier alpha value is -1.88. The van der Waals surface area contributed by atoms with Gasteiger partial charge in [-0.3, -0.25) is 4.90 Å². The Morgan fingerprint density at radius 2 is 1.19 bits per heavy atom. The van der Waals surface area contributed by atoms with Crippen LogP contribution in [0.15, 0.2) is 54.6 Å². The number of benzene rings is 2. The molecule has 3 unspecified atom stereocenters. The van der Waals surface area contributed by atoms with Crippen molar-refractivity contribution < 1.29 is 9.84 Å². The number of rotatable bonds is 8. The molecule has 1 saturated heterocycles. The van der Waals surface area contributed by atoms with Crippen LogP contribution in [-0.2, 0) is 0 Å². The van der Waals surface area contributed by atoms with Gasteiger partial charge in [0.05, 0.1) is 13.2 Å². The van der Waals surface area contributed by atoms with Gasteiger partial charge in [0.2, 0.25) is 0 Å². The van der Waals surface area contributed by atoms with Crippen LogP contribution in [0.5, 0.6) is 5.75 Å². The third-order valence-corrected chi connectivity index (χ3v) is 7.41. The first kappa shape index (κ1) is 38.1. The van der Waals surface area contributed by atoms with Gasteiger partial charge >= 0.3 is 0 Å². The minimum absolute atomic E-state index is 0.157. The molecule has 240 valence electrons. The van der Waals surface area contributed by atoms with Gasteiger partial charge in [-0.25, -0.2) is 0 Å². The Bertz CT molecular complexity index is 957. The van der Waals surface area contributed by atoms with Crippen molar-refractivity contribution in [2.24, 2.45) is 16.2 Å². The van der Waals surface area contributed by atoms with Crippen molar-refractivity contribution >= 4 is 0 Å². The molecule has 0 radical (unpaired) electrons. The third-order valence-electron chi connectivity index (χ3n) is 7.41. The van der Waals surface area contributed by atoms with E-state index in [2.05, 4.69) is 129 Å². The zero-order valence-electron chi connectivity index (χ0n) is 29.6. The predicted molar refractivity (Wildman–Crippen MR) is 183 cm³/mol. The molecule has 0 bridgehead atoms. The first-order chi connectivity index (χ1) is 19.3. The summed E-state index contributed by atoms with van der Waals surface area (Å²) in [5.41, 5.74) is 3.83. The van der Waals surface area contributed by atoms with Gasteiger partial charge in [-0.1, -0.05) is 105 Å². The second-order valence-electron chi connectivity index (χ2n) is 16.1. The van der Waals surface area contributed by atoms with E-state index in [9.17, 15) is 0 Å². The van der Waals surface area contributed by atoms with Crippen molar-refractivity contribution in [2.45, 2.75) is 120 Å². The molecule has 1 aliphatic rings. The first-order valence-corrected chi connectivity index (χ1v) is 16.1. The number of nitrogens with zero attached hydrogens (tertiary/aromatic N) is 2. The van der Waals surface area contributed by atoms with E-state index in [1.165, 1.54) is 43.5 Å². The molecule has 1 aliphatic heterocycles. The molecule has 0 aliphatic carbocycles. The van der Waals surface area contributed by atoms with Gasteiger partial charge in [0.15, 0.2) is 0 Å². The molecular formula is C38H66N2O2. The maximum atomic E-state index is 8.89. The van der Waals surface area contributed by atoms with E-state index in [1.54, 1.807) is 7.11 Å². The lowest BCUT2D eigenvalue weighted by Gasteiger charge is -2.33. The topological polar surface area (TPSA) is 35.9 Å². The minimum Gasteiger partial charge on any atom is -0.497 e. The van der Waals surface area contributed by atoms with Crippen molar-refractivity contribution in [3.05, 3.63) is 65.7 Å². The first-order valence-electron chi connectivity index (χ1n) is 16.1. The minimum atomic E-state index is -0.157. The Morgan fingerprint density at radius 3 is 1.55 bits per heavy atom. The average molecular weight is 583 g/mol. The molecule has 2 aromatic carbocycles. The predicted octanol–water partition coefficient (Wildman–Crippen LogP) is 9.80. The number of likely N-dealkylation sites (tertiary alicyclic amines) is 1. The van der Waals surface area contributed by atoms with Crippen LogP contribution in [0.3, 0.4) is 0 Å². The summed E-state index contributed by atoms with van der Waals surface area (Å²) in [6.45, 7) is 24.6. The highest BCUT2D eigenvalue weighted by Gasteiger charge is 2.27. The lowest BCUT2D eigenvalue weighted by molar-refractivity contribution is 0.138. The van der Waals surface area contributed by atoms with E-state index < -0.39 is 0 Å². The highest BCUT2D eigenvalue weighted by Crippen LogP contribution is 2.36. The van der Waals surface area contributed by atoms with Crippen molar-refractivity contribution in [2.75, 3.05) is 34.3 Å². The SMILES string of the molecule is CC(C)(C)CC(c1ccccc1)N1CCCC1.CC(O)CC(C)(C)C.COc1ccc(C(CC(C)(C)C)N(C)C)cc1. The highest BCUT2D eigenvalue weighted by molar-refractivity contribution is 5.29. The molecule has 3 atom stereocenters. The van der Waals surface area contributed by atoms with Crippen LogP contribution in [0.4, 0.5) is 0 Å². The molecular weight excluding hydrogens is 516 g/mol. The maximum Gasteiger partial charge on any atom is 0.118 e. The lowest BCUT2D eigenvalue weighted by atomic mass is 9.85. The summed E-state index contributed by atoms with van der Waals surface area (Å²) in [5, 5.41) is 8.89. The number of aliphatic hydroxyl groups is 1. The molecule has 0 amide bonds. The molecule has 3 rings (SSSR count). The van der Waals surface area contributed by atoms with Crippen molar-refractivity contribution in [1.29, 1.82) is 0 Å². The van der Waals surface area contributed by atoms with E-state index in [4.69, 9.17) is 9.84 Å². The van der Waals surface area contributed by atoms with E-state index in [0.29, 0.717) is 22.9 Å². The fourth-order valence-electron chi connectivity index (χ4n) is 5.66. The molecule has 2 aromatic rings. The average Bonchev–Trinajstić information content (AvgIpc) is 3.39.